The standard InChI is InChI=1S/C23H38N2/c1-2-3-4-5-7-10-21-11-13-22(14-12-21)25-19-15-23(16-20-25)24-17-8-6-9-18-24/h11-14,23H,2-10,15-20H2,1H3. The molecule has 140 valence electrons. The van der Waals surface area contributed by atoms with Crippen LogP contribution in [0.25, 0.3) is 0 Å². The molecular weight excluding hydrogens is 304 g/mol. The Balaban J connectivity index is 1.40. The van der Waals surface area contributed by atoms with Crippen LogP contribution in [0.2, 0.25) is 0 Å². The van der Waals surface area contributed by atoms with E-state index in [9.17, 15) is 0 Å². The molecule has 1 aromatic carbocycles. The van der Waals surface area contributed by atoms with E-state index in [1.807, 2.05) is 0 Å². The maximum atomic E-state index is 2.77. The Labute approximate surface area is 155 Å². The SMILES string of the molecule is CCCCCCCc1ccc(N2CCC(N3CCCCC3)CC2)cc1. The predicted octanol–water partition coefficient (Wildman–Crippen LogP) is 5.65. The van der Waals surface area contributed by atoms with E-state index in [0.29, 0.717) is 0 Å². The van der Waals surface area contributed by atoms with E-state index in [0.717, 1.165) is 6.04 Å². The number of nitrogens with zero attached hydrogens (tertiary/aromatic N) is 2. The molecule has 0 radical (unpaired) electrons. The Morgan fingerprint density at radius 2 is 1.48 bits per heavy atom. The Morgan fingerprint density at radius 3 is 2.16 bits per heavy atom. The third-order valence-corrected chi connectivity index (χ3v) is 6.24. The lowest BCUT2D eigenvalue weighted by molar-refractivity contribution is 0.141. The van der Waals surface area contributed by atoms with Crippen molar-refractivity contribution in [1.82, 2.24) is 4.90 Å². The van der Waals surface area contributed by atoms with E-state index in [1.54, 1.807) is 0 Å². The minimum Gasteiger partial charge on any atom is -0.371 e. The molecule has 0 amide bonds. The van der Waals surface area contributed by atoms with E-state index < -0.39 is 0 Å². The van der Waals surface area contributed by atoms with Gasteiger partial charge in [-0.3, -0.25) is 0 Å². The molecule has 2 nitrogen and oxygen atoms in total. The molecule has 3 rings (SSSR count). The smallest absolute Gasteiger partial charge is 0.0366 e. The van der Waals surface area contributed by atoms with Crippen LogP contribution >= 0.6 is 0 Å². The van der Waals surface area contributed by atoms with Gasteiger partial charge < -0.3 is 9.80 Å². The molecule has 25 heavy (non-hydrogen) atoms. The number of unbranched alkanes of at least 4 members (excludes halogenated alkanes) is 4. The number of benzene rings is 1. The molecule has 2 aliphatic heterocycles. The summed E-state index contributed by atoms with van der Waals surface area (Å²) in [5.41, 5.74) is 2.95. The van der Waals surface area contributed by atoms with Crippen molar-refractivity contribution in [2.45, 2.75) is 83.6 Å². The topological polar surface area (TPSA) is 6.48 Å². The average molecular weight is 343 g/mol. The fourth-order valence-electron chi connectivity index (χ4n) is 4.58. The Bertz CT molecular complexity index is 467. The third-order valence-electron chi connectivity index (χ3n) is 6.24. The minimum atomic E-state index is 0.846. The van der Waals surface area contributed by atoms with Gasteiger partial charge in [-0.15, -0.1) is 0 Å². The van der Waals surface area contributed by atoms with Crippen LogP contribution in [-0.4, -0.2) is 37.1 Å². The predicted molar refractivity (Wildman–Crippen MR) is 110 cm³/mol. The molecule has 0 N–H and O–H groups in total. The molecule has 2 aliphatic rings. The summed E-state index contributed by atoms with van der Waals surface area (Å²) in [7, 11) is 0. The lowest BCUT2D eigenvalue weighted by Gasteiger charge is -2.41. The van der Waals surface area contributed by atoms with Crippen molar-refractivity contribution >= 4 is 5.69 Å². The fraction of sp³-hybridized carbons (Fsp3) is 0.739. The zero-order chi connectivity index (χ0) is 17.3. The van der Waals surface area contributed by atoms with Gasteiger partial charge in [-0.25, -0.2) is 0 Å². The van der Waals surface area contributed by atoms with Crippen molar-refractivity contribution in [1.29, 1.82) is 0 Å². The van der Waals surface area contributed by atoms with Crippen molar-refractivity contribution in [3.05, 3.63) is 29.8 Å². The van der Waals surface area contributed by atoms with Crippen molar-refractivity contribution in [2.75, 3.05) is 31.1 Å². The number of aryl methyl sites for hydroxylation is 1. The maximum absolute atomic E-state index is 2.77. The summed E-state index contributed by atoms with van der Waals surface area (Å²) in [6, 6.07) is 10.3. The van der Waals surface area contributed by atoms with Crippen LogP contribution in [0, 0.1) is 0 Å². The quantitative estimate of drug-likeness (QED) is 0.563. The molecule has 2 saturated heterocycles. The first-order chi connectivity index (χ1) is 12.4. The van der Waals surface area contributed by atoms with Crippen LogP contribution in [0.5, 0.6) is 0 Å². The molecule has 0 aromatic heterocycles. The van der Waals surface area contributed by atoms with E-state index in [1.165, 1.54) is 108 Å². The molecule has 0 aliphatic carbocycles. The van der Waals surface area contributed by atoms with Gasteiger partial charge in [0.1, 0.15) is 0 Å². The minimum absolute atomic E-state index is 0.846. The second-order valence-corrected chi connectivity index (χ2v) is 8.15. The van der Waals surface area contributed by atoms with Crippen molar-refractivity contribution in [3.8, 4) is 0 Å². The summed E-state index contributed by atoms with van der Waals surface area (Å²) >= 11 is 0. The normalized spacial score (nSPS) is 20.1. The van der Waals surface area contributed by atoms with Crippen molar-refractivity contribution in [3.63, 3.8) is 0 Å². The summed E-state index contributed by atoms with van der Waals surface area (Å²) in [6.07, 6.45) is 15.1. The zero-order valence-electron chi connectivity index (χ0n) is 16.4. The van der Waals surface area contributed by atoms with Crippen LogP contribution in [0.4, 0.5) is 5.69 Å². The Hall–Kier alpha value is -1.02. The second kappa shape index (κ2) is 10.2. The van der Waals surface area contributed by atoms with Gasteiger partial charge in [-0.1, -0.05) is 51.2 Å². The van der Waals surface area contributed by atoms with Gasteiger partial charge in [0.2, 0.25) is 0 Å². The van der Waals surface area contributed by atoms with Gasteiger partial charge in [-0.2, -0.15) is 0 Å². The molecule has 0 unspecified atom stereocenters. The summed E-state index contributed by atoms with van der Waals surface area (Å²) in [5, 5.41) is 0. The summed E-state index contributed by atoms with van der Waals surface area (Å²) in [5.74, 6) is 0. The zero-order valence-corrected chi connectivity index (χ0v) is 16.4. The first kappa shape index (κ1) is 18.8. The van der Waals surface area contributed by atoms with Gasteiger partial charge in [-0.05, 0) is 69.3 Å². The van der Waals surface area contributed by atoms with Crippen LogP contribution < -0.4 is 4.90 Å². The highest BCUT2D eigenvalue weighted by Crippen LogP contribution is 2.25. The Kier molecular flexibility index (Phi) is 7.66. The molecule has 0 spiro atoms. The maximum Gasteiger partial charge on any atom is 0.0366 e. The van der Waals surface area contributed by atoms with E-state index in [-0.39, 0.29) is 0 Å². The van der Waals surface area contributed by atoms with Crippen LogP contribution in [0.1, 0.15) is 76.7 Å². The van der Waals surface area contributed by atoms with Crippen LogP contribution in [0.15, 0.2) is 24.3 Å². The van der Waals surface area contributed by atoms with Crippen LogP contribution in [-0.2, 0) is 6.42 Å². The van der Waals surface area contributed by atoms with Crippen molar-refractivity contribution < 1.29 is 0 Å². The number of likely N-dealkylation sites (tertiary alicyclic amines) is 1. The first-order valence-electron chi connectivity index (χ1n) is 10.9. The van der Waals surface area contributed by atoms with Gasteiger partial charge >= 0.3 is 0 Å². The molecule has 0 atom stereocenters. The van der Waals surface area contributed by atoms with Gasteiger partial charge in [0.15, 0.2) is 0 Å². The molecule has 0 saturated carbocycles. The molecule has 1 aromatic rings. The number of hydrogen-bond acceptors (Lipinski definition) is 2. The van der Waals surface area contributed by atoms with E-state index >= 15 is 0 Å². The van der Waals surface area contributed by atoms with Gasteiger partial charge in [0.05, 0.1) is 0 Å². The van der Waals surface area contributed by atoms with E-state index in [4.69, 9.17) is 0 Å². The van der Waals surface area contributed by atoms with Gasteiger partial charge in [0.25, 0.3) is 0 Å². The second-order valence-electron chi connectivity index (χ2n) is 8.15. The monoisotopic (exact) mass is 342 g/mol. The number of hydrogen-bond donors (Lipinski definition) is 0. The molecule has 2 fully saturated rings. The number of piperidine rings is 2. The Morgan fingerprint density at radius 1 is 0.800 bits per heavy atom. The number of anilines is 1. The van der Waals surface area contributed by atoms with E-state index in [2.05, 4.69) is 41.0 Å². The molecule has 2 heterocycles. The lowest BCUT2D eigenvalue weighted by Crippen LogP contribution is -2.46. The third kappa shape index (κ3) is 5.74. The van der Waals surface area contributed by atoms with Crippen molar-refractivity contribution in [2.24, 2.45) is 0 Å². The highest BCUT2D eigenvalue weighted by Gasteiger charge is 2.25. The van der Waals surface area contributed by atoms with Crippen LogP contribution in [0.3, 0.4) is 0 Å². The summed E-state index contributed by atoms with van der Waals surface area (Å²) in [4.78, 5) is 5.37. The van der Waals surface area contributed by atoms with Gasteiger partial charge in [0, 0.05) is 24.8 Å². The largest absolute Gasteiger partial charge is 0.371 e. The lowest BCUT2D eigenvalue weighted by atomic mass is 9.99. The fourth-order valence-corrected chi connectivity index (χ4v) is 4.58. The molecular formula is C23H38N2. The first-order valence-corrected chi connectivity index (χ1v) is 10.9. The highest BCUT2D eigenvalue weighted by atomic mass is 15.2. The summed E-state index contributed by atoms with van der Waals surface area (Å²) < 4.78 is 0. The molecule has 2 heteroatoms. The number of rotatable bonds is 8. The summed E-state index contributed by atoms with van der Waals surface area (Å²) in [6.45, 7) is 7.44. The highest BCUT2D eigenvalue weighted by molar-refractivity contribution is 5.48. The average Bonchev–Trinajstić information content (AvgIpc) is 2.69. The molecule has 0 bridgehead atoms.